The average Bonchev–Trinajstić information content (AvgIpc) is 3.15. The van der Waals surface area contributed by atoms with Crippen LogP contribution in [0.15, 0.2) is 24.3 Å². The lowest BCUT2D eigenvalue weighted by atomic mass is 9.90. The summed E-state index contributed by atoms with van der Waals surface area (Å²) in [4.78, 5) is 12.2. The molecule has 2 fully saturated rings. The predicted octanol–water partition coefficient (Wildman–Crippen LogP) is 3.80. The highest BCUT2D eigenvalue weighted by molar-refractivity contribution is 5.94. The molecule has 25 heavy (non-hydrogen) atoms. The monoisotopic (exact) mass is 366 g/mol. The highest BCUT2D eigenvalue weighted by Crippen LogP contribution is 2.24. The summed E-state index contributed by atoms with van der Waals surface area (Å²) in [5.41, 5.74) is 0.713. The lowest BCUT2D eigenvalue weighted by Crippen LogP contribution is -2.26. The highest BCUT2D eigenvalue weighted by atomic mass is 35.5. The Kier molecular flexibility index (Phi) is 8.56. The van der Waals surface area contributed by atoms with E-state index >= 15 is 0 Å². The zero-order valence-corrected chi connectivity index (χ0v) is 15.8. The van der Waals surface area contributed by atoms with Crippen molar-refractivity contribution in [3.05, 3.63) is 29.8 Å². The maximum atomic E-state index is 12.2. The van der Waals surface area contributed by atoms with Crippen molar-refractivity contribution in [2.45, 2.75) is 44.9 Å². The molecule has 1 heterocycles. The van der Waals surface area contributed by atoms with Crippen LogP contribution in [-0.4, -0.2) is 32.1 Å². The summed E-state index contributed by atoms with van der Waals surface area (Å²) in [7, 11) is 0. The fourth-order valence-electron chi connectivity index (χ4n) is 3.72. The van der Waals surface area contributed by atoms with Crippen LogP contribution in [0.5, 0.6) is 5.75 Å². The molecule has 1 saturated heterocycles. The lowest BCUT2D eigenvalue weighted by molar-refractivity contribution is 0.0951. The van der Waals surface area contributed by atoms with Gasteiger partial charge >= 0.3 is 0 Å². The first-order valence-electron chi connectivity index (χ1n) is 9.53. The van der Waals surface area contributed by atoms with Crippen molar-refractivity contribution < 1.29 is 9.53 Å². The Labute approximate surface area is 157 Å². The van der Waals surface area contributed by atoms with Crippen LogP contribution in [0.1, 0.15) is 55.3 Å². The van der Waals surface area contributed by atoms with E-state index in [-0.39, 0.29) is 18.3 Å². The Bertz CT molecular complexity index is 509. The topological polar surface area (TPSA) is 50.4 Å². The Morgan fingerprint density at radius 1 is 1.08 bits per heavy atom. The number of carbonyl (C=O) groups is 1. The minimum atomic E-state index is 0. The molecule has 0 bridgehead atoms. The van der Waals surface area contributed by atoms with Gasteiger partial charge in [0.2, 0.25) is 0 Å². The van der Waals surface area contributed by atoms with Gasteiger partial charge in [0.05, 0.1) is 6.61 Å². The van der Waals surface area contributed by atoms with E-state index < -0.39 is 0 Å². The fourth-order valence-corrected chi connectivity index (χ4v) is 3.72. The van der Waals surface area contributed by atoms with E-state index in [1.165, 1.54) is 38.5 Å². The zero-order chi connectivity index (χ0) is 16.6. The molecule has 4 nitrogen and oxygen atoms in total. The number of hydrogen-bond acceptors (Lipinski definition) is 3. The summed E-state index contributed by atoms with van der Waals surface area (Å²) in [6, 6.07) is 7.56. The maximum Gasteiger partial charge on any atom is 0.251 e. The van der Waals surface area contributed by atoms with Gasteiger partial charge in [-0.25, -0.2) is 0 Å². The Morgan fingerprint density at radius 3 is 2.52 bits per heavy atom. The van der Waals surface area contributed by atoms with Crippen LogP contribution >= 0.6 is 12.4 Å². The van der Waals surface area contributed by atoms with Gasteiger partial charge in [-0.3, -0.25) is 4.79 Å². The van der Waals surface area contributed by atoms with Crippen molar-refractivity contribution >= 4 is 18.3 Å². The summed E-state index contributed by atoms with van der Waals surface area (Å²) >= 11 is 0. The third-order valence-corrected chi connectivity index (χ3v) is 5.33. The van der Waals surface area contributed by atoms with E-state index in [1.54, 1.807) is 0 Å². The van der Waals surface area contributed by atoms with Crippen LogP contribution in [0, 0.1) is 11.8 Å². The predicted molar refractivity (Wildman–Crippen MR) is 104 cm³/mol. The van der Waals surface area contributed by atoms with E-state index in [2.05, 4.69) is 10.6 Å². The molecule has 5 heteroatoms. The van der Waals surface area contributed by atoms with Gasteiger partial charge in [0.1, 0.15) is 5.75 Å². The highest BCUT2D eigenvalue weighted by Gasteiger charge is 2.15. The first-order chi connectivity index (χ1) is 11.8. The molecule has 1 aliphatic carbocycles. The largest absolute Gasteiger partial charge is 0.493 e. The zero-order valence-electron chi connectivity index (χ0n) is 15.0. The maximum absolute atomic E-state index is 12.2. The third kappa shape index (κ3) is 6.52. The number of ether oxygens (including phenoxy) is 1. The number of hydrogen-bond donors (Lipinski definition) is 2. The van der Waals surface area contributed by atoms with Crippen LogP contribution in [0.3, 0.4) is 0 Å². The summed E-state index contributed by atoms with van der Waals surface area (Å²) in [6.07, 6.45) is 8.91. The number of benzene rings is 1. The minimum Gasteiger partial charge on any atom is -0.493 e. The SMILES string of the molecule is Cl.O=C(NCCC1CCNC1)c1ccc(OCC2CCCCC2)cc1. The van der Waals surface area contributed by atoms with Crippen LogP contribution < -0.4 is 15.4 Å². The lowest BCUT2D eigenvalue weighted by Gasteiger charge is -2.21. The molecule has 2 aliphatic rings. The molecule has 1 aliphatic heterocycles. The van der Waals surface area contributed by atoms with Crippen molar-refractivity contribution in [3.63, 3.8) is 0 Å². The fraction of sp³-hybridized carbons (Fsp3) is 0.650. The summed E-state index contributed by atoms with van der Waals surface area (Å²) in [6.45, 7) is 3.76. The van der Waals surface area contributed by atoms with E-state index in [1.807, 2.05) is 24.3 Å². The van der Waals surface area contributed by atoms with Crippen LogP contribution in [-0.2, 0) is 0 Å². The number of rotatable bonds is 7. The van der Waals surface area contributed by atoms with E-state index in [0.717, 1.165) is 38.4 Å². The van der Waals surface area contributed by atoms with E-state index in [9.17, 15) is 4.79 Å². The van der Waals surface area contributed by atoms with E-state index in [4.69, 9.17) is 4.74 Å². The van der Waals surface area contributed by atoms with E-state index in [0.29, 0.717) is 17.4 Å². The second-order valence-electron chi connectivity index (χ2n) is 7.24. The molecule has 0 aromatic heterocycles. The standard InChI is InChI=1S/C20H30N2O2.ClH/c23-20(22-13-11-16-10-12-21-14-16)18-6-8-19(9-7-18)24-15-17-4-2-1-3-5-17;/h6-9,16-17,21H,1-5,10-15H2,(H,22,23);1H. The molecule has 1 unspecified atom stereocenters. The molecular formula is C20H31ClN2O2. The number of amides is 1. The van der Waals surface area contributed by atoms with Crippen molar-refractivity contribution in [1.82, 2.24) is 10.6 Å². The molecule has 2 N–H and O–H groups in total. The molecule has 1 aromatic rings. The molecule has 0 spiro atoms. The van der Waals surface area contributed by atoms with Gasteiger partial charge in [0, 0.05) is 12.1 Å². The second kappa shape index (κ2) is 10.7. The summed E-state index contributed by atoms with van der Waals surface area (Å²) in [5.74, 6) is 2.29. The molecule has 1 amide bonds. The first kappa shape index (κ1) is 20.1. The number of carbonyl (C=O) groups excluding carboxylic acids is 1. The molecule has 1 atom stereocenters. The molecular weight excluding hydrogens is 336 g/mol. The van der Waals surface area contributed by atoms with Crippen molar-refractivity contribution in [1.29, 1.82) is 0 Å². The number of nitrogens with one attached hydrogen (secondary N) is 2. The van der Waals surface area contributed by atoms with Gasteiger partial charge in [-0.05, 0) is 74.9 Å². The molecule has 1 saturated carbocycles. The van der Waals surface area contributed by atoms with Crippen LogP contribution in [0.25, 0.3) is 0 Å². The van der Waals surface area contributed by atoms with Crippen molar-refractivity contribution in [2.75, 3.05) is 26.2 Å². The average molecular weight is 367 g/mol. The Hall–Kier alpha value is -1.26. The van der Waals surface area contributed by atoms with Gasteiger partial charge < -0.3 is 15.4 Å². The Balaban J connectivity index is 0.00000225. The third-order valence-electron chi connectivity index (χ3n) is 5.33. The first-order valence-corrected chi connectivity index (χ1v) is 9.53. The van der Waals surface area contributed by atoms with Gasteiger partial charge in [-0.2, -0.15) is 0 Å². The van der Waals surface area contributed by atoms with Crippen molar-refractivity contribution in [3.8, 4) is 5.75 Å². The molecule has 0 radical (unpaired) electrons. The smallest absolute Gasteiger partial charge is 0.251 e. The molecule has 140 valence electrons. The Morgan fingerprint density at radius 2 is 1.84 bits per heavy atom. The molecule has 3 rings (SSSR count). The van der Waals surface area contributed by atoms with Crippen LogP contribution in [0.4, 0.5) is 0 Å². The normalized spacial score (nSPS) is 20.7. The minimum absolute atomic E-state index is 0. The van der Waals surface area contributed by atoms with Gasteiger partial charge in [-0.1, -0.05) is 19.3 Å². The quantitative estimate of drug-likeness (QED) is 0.771. The van der Waals surface area contributed by atoms with Gasteiger partial charge in [0.15, 0.2) is 0 Å². The van der Waals surface area contributed by atoms with Gasteiger partial charge in [0.25, 0.3) is 5.91 Å². The van der Waals surface area contributed by atoms with Crippen molar-refractivity contribution in [2.24, 2.45) is 11.8 Å². The summed E-state index contributed by atoms with van der Waals surface area (Å²) < 4.78 is 5.89. The van der Waals surface area contributed by atoms with Gasteiger partial charge in [-0.15, -0.1) is 12.4 Å². The molecule has 1 aromatic carbocycles. The summed E-state index contributed by atoms with van der Waals surface area (Å²) in [5, 5.41) is 6.38. The second-order valence-corrected chi connectivity index (χ2v) is 7.24. The van der Waals surface area contributed by atoms with Crippen LogP contribution in [0.2, 0.25) is 0 Å². The number of halogens is 1.